The molecule has 0 fully saturated rings. The van der Waals surface area contributed by atoms with Crippen LogP contribution >= 0.6 is 11.6 Å². The largest absolute Gasteiger partial charge is 0.385 e. The molecule has 0 amide bonds. The van der Waals surface area contributed by atoms with Crippen LogP contribution in [0.15, 0.2) is 29.2 Å². The van der Waals surface area contributed by atoms with Gasteiger partial charge in [-0.1, -0.05) is 25.4 Å². The average molecular weight is 372 g/mol. The topological polar surface area (TPSA) is 56.1 Å². The normalized spacial score (nSPS) is 11.6. The van der Waals surface area contributed by atoms with E-state index in [2.05, 4.69) is 24.3 Å². The highest BCUT2D eigenvalue weighted by atomic mass is 35.5. The second-order valence-electron chi connectivity index (χ2n) is 6.45. The standard InChI is InChI=1S/C17H20ClF2N3O2/c1-17(2,6-7-25-3)10-21-13-9-22-23(16(24)15(13)18)14-5-4-11(19)8-12(14)20/h4-5,8-9,21H,6-7,10H2,1-3H3. The number of nitrogens with zero attached hydrogens (tertiary/aromatic N) is 2. The van der Waals surface area contributed by atoms with E-state index >= 15 is 0 Å². The molecule has 1 aromatic heterocycles. The monoisotopic (exact) mass is 371 g/mol. The van der Waals surface area contributed by atoms with Gasteiger partial charge in [0.25, 0.3) is 5.56 Å². The number of halogens is 3. The predicted molar refractivity (Wildman–Crippen MR) is 93.5 cm³/mol. The Balaban J connectivity index is 2.24. The van der Waals surface area contributed by atoms with Crippen LogP contribution in [0.4, 0.5) is 14.5 Å². The van der Waals surface area contributed by atoms with Crippen LogP contribution in [-0.2, 0) is 4.74 Å². The molecule has 8 heteroatoms. The molecule has 1 N–H and O–H groups in total. The Kier molecular flexibility index (Phi) is 6.13. The molecule has 2 aromatic rings. The molecule has 0 spiro atoms. The van der Waals surface area contributed by atoms with Crippen LogP contribution in [0.2, 0.25) is 5.02 Å². The Morgan fingerprint density at radius 2 is 2.08 bits per heavy atom. The first-order valence-electron chi connectivity index (χ1n) is 7.71. The van der Waals surface area contributed by atoms with Gasteiger partial charge in [0.2, 0.25) is 0 Å². The fourth-order valence-corrected chi connectivity index (χ4v) is 2.38. The van der Waals surface area contributed by atoms with Crippen LogP contribution in [0.3, 0.4) is 0 Å². The Morgan fingerprint density at radius 1 is 1.36 bits per heavy atom. The van der Waals surface area contributed by atoms with Gasteiger partial charge in [0, 0.05) is 26.3 Å². The van der Waals surface area contributed by atoms with Crippen LogP contribution in [0, 0.1) is 17.0 Å². The first-order chi connectivity index (χ1) is 11.7. The maximum absolute atomic E-state index is 13.9. The third kappa shape index (κ3) is 4.76. The minimum absolute atomic E-state index is 0.0860. The number of anilines is 1. The van der Waals surface area contributed by atoms with Gasteiger partial charge in [0.1, 0.15) is 16.5 Å². The van der Waals surface area contributed by atoms with Crippen molar-refractivity contribution < 1.29 is 13.5 Å². The Bertz CT molecular complexity index is 809. The lowest BCUT2D eigenvalue weighted by Gasteiger charge is -2.25. The summed E-state index contributed by atoms with van der Waals surface area (Å²) in [5, 5.41) is 6.91. The van der Waals surface area contributed by atoms with Crippen LogP contribution in [-0.4, -0.2) is 30.0 Å². The molecular weight excluding hydrogens is 352 g/mol. The summed E-state index contributed by atoms with van der Waals surface area (Å²) in [7, 11) is 1.64. The maximum atomic E-state index is 13.9. The zero-order chi connectivity index (χ0) is 18.6. The van der Waals surface area contributed by atoms with Gasteiger partial charge in [-0.25, -0.2) is 8.78 Å². The zero-order valence-corrected chi connectivity index (χ0v) is 15.0. The molecule has 1 aromatic carbocycles. The number of ether oxygens (including phenoxy) is 1. The van der Waals surface area contributed by atoms with Gasteiger partial charge in [-0.05, 0) is 24.0 Å². The summed E-state index contributed by atoms with van der Waals surface area (Å²) in [6.07, 6.45) is 2.17. The van der Waals surface area contributed by atoms with Crippen LogP contribution in [0.25, 0.3) is 5.69 Å². The average Bonchev–Trinajstić information content (AvgIpc) is 2.55. The Hall–Kier alpha value is -1.99. The van der Waals surface area contributed by atoms with Crippen molar-refractivity contribution >= 4 is 17.3 Å². The van der Waals surface area contributed by atoms with E-state index in [1.165, 1.54) is 6.20 Å². The molecule has 0 aliphatic heterocycles. The second-order valence-corrected chi connectivity index (χ2v) is 6.82. The smallest absolute Gasteiger partial charge is 0.292 e. The van der Waals surface area contributed by atoms with Gasteiger partial charge < -0.3 is 10.1 Å². The fourth-order valence-electron chi connectivity index (χ4n) is 2.18. The summed E-state index contributed by atoms with van der Waals surface area (Å²) >= 11 is 6.11. The van der Waals surface area contributed by atoms with E-state index < -0.39 is 17.2 Å². The highest BCUT2D eigenvalue weighted by Crippen LogP contribution is 2.24. The van der Waals surface area contributed by atoms with Gasteiger partial charge in [-0.2, -0.15) is 9.78 Å². The third-order valence-corrected chi connectivity index (χ3v) is 4.16. The first kappa shape index (κ1) is 19.3. The maximum Gasteiger partial charge on any atom is 0.292 e. The van der Waals surface area contributed by atoms with E-state index in [4.69, 9.17) is 16.3 Å². The summed E-state index contributed by atoms with van der Waals surface area (Å²) in [6.45, 7) is 5.27. The van der Waals surface area contributed by atoms with Crippen molar-refractivity contribution in [3.8, 4) is 5.69 Å². The van der Waals surface area contributed by atoms with E-state index in [1.54, 1.807) is 7.11 Å². The van der Waals surface area contributed by atoms with Crippen molar-refractivity contribution in [3.63, 3.8) is 0 Å². The van der Waals surface area contributed by atoms with Crippen molar-refractivity contribution in [2.24, 2.45) is 5.41 Å². The van der Waals surface area contributed by atoms with Gasteiger partial charge in [0.05, 0.1) is 11.9 Å². The number of methoxy groups -OCH3 is 1. The molecule has 0 unspecified atom stereocenters. The number of rotatable bonds is 7. The SMILES string of the molecule is COCCC(C)(C)CNc1cnn(-c2ccc(F)cc2F)c(=O)c1Cl. The summed E-state index contributed by atoms with van der Waals surface area (Å²) in [5.74, 6) is -1.64. The molecule has 0 aliphatic carbocycles. The highest BCUT2D eigenvalue weighted by Gasteiger charge is 2.19. The van der Waals surface area contributed by atoms with E-state index in [9.17, 15) is 13.6 Å². The fraction of sp³-hybridized carbons (Fsp3) is 0.412. The number of nitrogens with one attached hydrogen (secondary N) is 1. The summed E-state index contributed by atoms with van der Waals surface area (Å²) in [5.41, 5.74) is -0.583. The Labute approximate surface area is 149 Å². The minimum Gasteiger partial charge on any atom is -0.385 e. The molecule has 5 nitrogen and oxygen atoms in total. The van der Waals surface area contributed by atoms with Crippen molar-refractivity contribution in [2.75, 3.05) is 25.6 Å². The minimum atomic E-state index is -0.896. The molecule has 0 saturated heterocycles. The van der Waals surface area contributed by atoms with E-state index in [-0.39, 0.29) is 16.1 Å². The van der Waals surface area contributed by atoms with Crippen molar-refractivity contribution in [1.82, 2.24) is 9.78 Å². The first-order valence-corrected chi connectivity index (χ1v) is 8.09. The van der Waals surface area contributed by atoms with E-state index in [1.807, 2.05) is 0 Å². The summed E-state index contributed by atoms with van der Waals surface area (Å²) in [4.78, 5) is 12.4. The van der Waals surface area contributed by atoms with Crippen molar-refractivity contribution in [3.05, 3.63) is 51.4 Å². The quantitative estimate of drug-likeness (QED) is 0.807. The predicted octanol–water partition coefficient (Wildman–Crippen LogP) is 3.64. The molecule has 25 heavy (non-hydrogen) atoms. The summed E-state index contributed by atoms with van der Waals surface area (Å²) in [6, 6.07) is 2.86. The number of benzene rings is 1. The molecule has 1 heterocycles. The van der Waals surface area contributed by atoms with Gasteiger partial charge >= 0.3 is 0 Å². The molecule has 2 rings (SSSR count). The molecular formula is C17H20ClF2N3O2. The van der Waals surface area contributed by atoms with Crippen LogP contribution in [0.5, 0.6) is 0 Å². The molecule has 0 saturated carbocycles. The van der Waals surface area contributed by atoms with Gasteiger partial charge in [-0.15, -0.1) is 0 Å². The molecule has 0 bridgehead atoms. The lowest BCUT2D eigenvalue weighted by molar-refractivity contribution is 0.157. The second kappa shape index (κ2) is 7.93. The molecule has 0 atom stereocenters. The number of hydrogen-bond acceptors (Lipinski definition) is 4. The van der Waals surface area contributed by atoms with Crippen molar-refractivity contribution in [2.45, 2.75) is 20.3 Å². The molecule has 0 aliphatic rings. The van der Waals surface area contributed by atoms with Crippen LogP contribution in [0.1, 0.15) is 20.3 Å². The lowest BCUT2D eigenvalue weighted by Crippen LogP contribution is -2.27. The van der Waals surface area contributed by atoms with E-state index in [0.717, 1.165) is 23.2 Å². The molecule has 0 radical (unpaired) electrons. The van der Waals surface area contributed by atoms with Crippen LogP contribution < -0.4 is 10.9 Å². The van der Waals surface area contributed by atoms with Crippen molar-refractivity contribution in [1.29, 1.82) is 0 Å². The van der Waals surface area contributed by atoms with E-state index in [0.29, 0.717) is 24.9 Å². The molecule has 136 valence electrons. The third-order valence-electron chi connectivity index (χ3n) is 3.80. The lowest BCUT2D eigenvalue weighted by atomic mass is 9.89. The number of hydrogen-bond donors (Lipinski definition) is 1. The number of aromatic nitrogens is 2. The van der Waals surface area contributed by atoms with Gasteiger partial charge in [-0.3, -0.25) is 4.79 Å². The summed E-state index contributed by atoms with van der Waals surface area (Å²) < 4.78 is 32.8. The Morgan fingerprint density at radius 3 is 2.72 bits per heavy atom. The van der Waals surface area contributed by atoms with Gasteiger partial charge in [0.15, 0.2) is 5.82 Å². The zero-order valence-electron chi connectivity index (χ0n) is 14.3. The highest BCUT2D eigenvalue weighted by molar-refractivity contribution is 6.32.